The van der Waals surface area contributed by atoms with Crippen LogP contribution in [0.15, 0.2) is 22.3 Å². The molecule has 1 aliphatic carbocycles. The molecule has 0 heterocycles. The van der Waals surface area contributed by atoms with Crippen LogP contribution in [0.1, 0.15) is 61.1 Å². The van der Waals surface area contributed by atoms with E-state index in [1.807, 2.05) is 0 Å². The molecule has 0 saturated carbocycles. The van der Waals surface area contributed by atoms with E-state index in [1.54, 1.807) is 0 Å². The van der Waals surface area contributed by atoms with E-state index in [2.05, 4.69) is 261 Å². The Hall–Kier alpha value is -2.86. The third-order valence-corrected chi connectivity index (χ3v) is 22.7. The summed E-state index contributed by atoms with van der Waals surface area (Å²) in [5.41, 5.74) is 25.2. The van der Waals surface area contributed by atoms with Gasteiger partial charge in [0.15, 0.2) is 0 Å². The Kier molecular flexibility index (Phi) is 19.6. The molecule has 0 atom stereocenters. The fourth-order valence-electron chi connectivity index (χ4n) is 12.3. The Morgan fingerprint density at radius 2 is 0.415 bits per heavy atom. The maximum atomic E-state index is 2.67. The van der Waals surface area contributed by atoms with Gasteiger partial charge in [-0.1, -0.05) is 0 Å². The van der Waals surface area contributed by atoms with Crippen molar-refractivity contribution in [3.8, 4) is 0 Å². The van der Waals surface area contributed by atoms with E-state index in [0.717, 1.165) is 0 Å². The summed E-state index contributed by atoms with van der Waals surface area (Å²) in [6.07, 6.45) is 0. The van der Waals surface area contributed by atoms with Crippen molar-refractivity contribution in [1.82, 2.24) is 0 Å². The summed E-state index contributed by atoms with van der Waals surface area (Å²) < 4.78 is -0.461. The van der Waals surface area contributed by atoms with Gasteiger partial charge in [0.2, 0.25) is 0 Å². The number of halogens is 3. The fraction of sp³-hybridized carbons (Fsp3) is 0.569. The molecule has 0 fully saturated rings. The first-order valence-electron chi connectivity index (χ1n) is 22.1. The summed E-state index contributed by atoms with van der Waals surface area (Å²) in [6.45, 7) is 24.0. The Morgan fingerprint density at radius 1 is 0.277 bits per heavy atom. The molecule has 3 aromatic carbocycles. The molecule has 0 spiro atoms. The van der Waals surface area contributed by atoms with Gasteiger partial charge in [-0.3, -0.25) is 0 Å². The molecule has 0 bridgehead atoms. The van der Waals surface area contributed by atoms with Crippen LogP contribution in [0.3, 0.4) is 0 Å². The first-order chi connectivity index (χ1) is 28.4. The van der Waals surface area contributed by atoms with E-state index in [1.165, 1.54) is 122 Å². The molecule has 0 amide bonds. The zero-order valence-electron chi connectivity index (χ0n) is 45.7. The van der Waals surface area contributed by atoms with Gasteiger partial charge in [0.05, 0.1) is 0 Å². The predicted molar refractivity (Wildman–Crippen MR) is 281 cm³/mol. The number of nitrogens with zero attached hydrogens (tertiary/aromatic N) is 9. The van der Waals surface area contributed by atoms with Crippen molar-refractivity contribution in [2.45, 2.75) is 72.6 Å². The molecule has 0 aliphatic heterocycles. The maximum Gasteiger partial charge on any atom is -1.00 e. The molecule has 362 valence electrons. The molecule has 14 heteroatoms. The number of benzene rings is 3. The van der Waals surface area contributed by atoms with Crippen molar-refractivity contribution in [3.05, 3.63) is 55.7 Å². The second-order valence-corrected chi connectivity index (χ2v) is 25.8. The van der Waals surface area contributed by atoms with Gasteiger partial charge in [0.1, 0.15) is 0 Å². The van der Waals surface area contributed by atoms with Gasteiger partial charge in [0.25, 0.3) is 0 Å². The first-order valence-corrected chi connectivity index (χ1v) is 24.8. The number of hydrogen-bond donors (Lipinski definition) is 0. The quantitative estimate of drug-likeness (QED) is 0.151. The van der Waals surface area contributed by atoms with Crippen molar-refractivity contribution >= 4 is 74.8 Å². The van der Waals surface area contributed by atoms with E-state index in [0.29, 0.717) is 0 Å². The Balaban J connectivity index is 0.00000704. The van der Waals surface area contributed by atoms with Gasteiger partial charge in [-0.05, 0) is 0 Å². The minimum Gasteiger partial charge on any atom is -1.00 e. The van der Waals surface area contributed by atoms with Crippen LogP contribution >= 0.6 is 0 Å². The molecule has 0 unspecified atom stereocenters. The van der Waals surface area contributed by atoms with Crippen LogP contribution in [0.2, 0.25) is 3.34 Å². The van der Waals surface area contributed by atoms with Crippen LogP contribution in [-0.4, -0.2) is 135 Å². The molecule has 1 aliphatic rings. The number of hydrogen-bond acceptors (Lipinski definition) is 9. The van der Waals surface area contributed by atoms with Gasteiger partial charge < -0.3 is 37.2 Å². The topological polar surface area (TPSA) is 29.2 Å². The zero-order chi connectivity index (χ0) is 47.9. The van der Waals surface area contributed by atoms with Crippen LogP contribution < -0.4 is 96.9 Å². The Bertz CT molecular complexity index is 2000. The molecule has 4 rings (SSSR count). The second-order valence-electron chi connectivity index (χ2n) is 20.1. The molecule has 9 nitrogen and oxygen atoms in total. The van der Waals surface area contributed by atoms with Crippen molar-refractivity contribution < 1.29 is 57.7 Å². The van der Waals surface area contributed by atoms with Crippen molar-refractivity contribution in [3.63, 3.8) is 0 Å². The van der Waals surface area contributed by atoms with E-state index < -0.39 is 11.4 Å². The summed E-state index contributed by atoms with van der Waals surface area (Å²) in [5.74, 6) is 0. The van der Waals surface area contributed by atoms with Crippen molar-refractivity contribution in [2.75, 3.05) is 171 Å². The van der Waals surface area contributed by atoms with Crippen LogP contribution in [0.4, 0.5) is 51.2 Å². The van der Waals surface area contributed by atoms with E-state index >= 15 is 0 Å². The summed E-state index contributed by atoms with van der Waals surface area (Å²) in [7, 11) is 37.0. The molecular formula is C51H84Cl3N9SiTi. The third-order valence-electron chi connectivity index (χ3n) is 14.2. The average molecular weight is 1010 g/mol. The molecule has 0 radical (unpaired) electrons. The van der Waals surface area contributed by atoms with Gasteiger partial charge in [-0.25, -0.2) is 0 Å². The van der Waals surface area contributed by atoms with Gasteiger partial charge in [0, 0.05) is 0 Å². The number of anilines is 9. The molecule has 0 N–H and O–H groups in total. The SMILES string of the molecule is CC1=C(C)[C]([Ti+3])([Si](c2c(N(C)C)c(C)c(N(C)C)c(C)c2N(C)C)(c2c(N(C)C)c(C)c(N(C)C)c(C)c2N(C)C)c2c(N(C)C)c(C)c(N(C)C)c(C)c2N(C)C)C(C)=C1C.[Cl-].[Cl-].[Cl-]. The van der Waals surface area contributed by atoms with E-state index in [9.17, 15) is 0 Å². The first kappa shape index (κ1) is 60.2. The fourth-order valence-corrected chi connectivity index (χ4v) is 22.6. The summed E-state index contributed by atoms with van der Waals surface area (Å²) in [6, 6.07) is 0. The second kappa shape index (κ2) is 21.2. The third kappa shape index (κ3) is 8.77. The van der Waals surface area contributed by atoms with E-state index in [-0.39, 0.29) is 37.2 Å². The van der Waals surface area contributed by atoms with Crippen LogP contribution in [0.5, 0.6) is 0 Å². The minimum atomic E-state index is -3.75. The monoisotopic (exact) mass is 1000 g/mol. The molecule has 0 saturated heterocycles. The summed E-state index contributed by atoms with van der Waals surface area (Å²) in [4.78, 5) is 21.8. The summed E-state index contributed by atoms with van der Waals surface area (Å²) >= 11 is 2.67. The van der Waals surface area contributed by atoms with Crippen molar-refractivity contribution in [2.24, 2.45) is 0 Å². The average Bonchev–Trinajstić information content (AvgIpc) is 3.25. The number of rotatable bonds is 13. The molecular weight excluding hydrogens is 921 g/mol. The molecule has 65 heavy (non-hydrogen) atoms. The predicted octanol–water partition coefficient (Wildman–Crippen LogP) is -1.46. The smallest absolute Gasteiger partial charge is 1.00 e. The van der Waals surface area contributed by atoms with Crippen LogP contribution in [0, 0.1) is 41.5 Å². The molecule has 3 aromatic rings. The zero-order valence-corrected chi connectivity index (χ0v) is 50.5. The Morgan fingerprint density at radius 3 is 0.538 bits per heavy atom. The largest absolute Gasteiger partial charge is 1.00 e. The van der Waals surface area contributed by atoms with Gasteiger partial charge >= 0.3 is 394 Å². The minimum absolute atomic E-state index is 0. The standard InChI is InChI=1S/C51H84N9Si.3ClH.Ti/c1-29-30(2)32(4)48(31(29)3)61(49-42(55(17)18)33(5)39(52(11)12)34(6)43(49)56(19)20,50-44(57(21)22)35(7)40(53(13)14)36(8)45(50)58(23)24)51-46(59(25)26)37(9)41(54(15)16)38(10)47(51)60(27)28;;;;/h1-28H3;3*1H;/q;;;;+3/p-3. The van der Waals surface area contributed by atoms with Crippen LogP contribution in [-0.2, 0) is 20.4 Å². The van der Waals surface area contributed by atoms with Gasteiger partial charge in [-0.15, -0.1) is 0 Å². The molecule has 0 aromatic heterocycles. The van der Waals surface area contributed by atoms with E-state index in [4.69, 9.17) is 0 Å². The van der Waals surface area contributed by atoms with Gasteiger partial charge in [-0.2, -0.15) is 0 Å². The van der Waals surface area contributed by atoms with Crippen molar-refractivity contribution in [1.29, 1.82) is 0 Å². The normalized spacial score (nSPS) is 13.3. The van der Waals surface area contributed by atoms with Crippen LogP contribution in [0.25, 0.3) is 0 Å². The maximum absolute atomic E-state index is 3.75. The number of allylic oxidation sites excluding steroid dienone is 4. The Labute approximate surface area is 428 Å². The summed E-state index contributed by atoms with van der Waals surface area (Å²) in [5, 5.41) is 4.38.